The largest absolute Gasteiger partial charge is 0.508 e. The van der Waals surface area contributed by atoms with Crippen molar-refractivity contribution in [3.63, 3.8) is 0 Å². The van der Waals surface area contributed by atoms with E-state index in [9.17, 15) is 5.11 Å². The van der Waals surface area contributed by atoms with Crippen molar-refractivity contribution in [1.29, 1.82) is 0 Å². The number of nitrogens with zero attached hydrogens (tertiary/aromatic N) is 1. The molecule has 2 aromatic carbocycles. The van der Waals surface area contributed by atoms with Crippen LogP contribution < -0.4 is 0 Å². The molecule has 0 unspecified atom stereocenters. The van der Waals surface area contributed by atoms with Crippen LogP contribution in [0.3, 0.4) is 0 Å². The summed E-state index contributed by atoms with van der Waals surface area (Å²) >= 11 is 0. The Kier molecular flexibility index (Phi) is 2.26. The van der Waals surface area contributed by atoms with Crippen LogP contribution in [0.5, 0.6) is 5.75 Å². The second kappa shape index (κ2) is 3.91. The summed E-state index contributed by atoms with van der Waals surface area (Å²) in [6.45, 7) is 0. The van der Waals surface area contributed by atoms with Crippen LogP contribution in [0.1, 0.15) is 0 Å². The first-order chi connectivity index (χ1) is 8.33. The van der Waals surface area contributed by atoms with Crippen LogP contribution in [0.2, 0.25) is 0 Å². The number of rotatable bonds is 1. The summed E-state index contributed by atoms with van der Waals surface area (Å²) in [7, 11) is 0. The van der Waals surface area contributed by atoms with Crippen molar-refractivity contribution in [2.24, 2.45) is 0 Å². The second-order valence-electron chi connectivity index (χ2n) is 3.94. The molecule has 0 radical (unpaired) electrons. The summed E-state index contributed by atoms with van der Waals surface area (Å²) in [6, 6.07) is 19.1. The van der Waals surface area contributed by atoms with Gasteiger partial charge in [-0.3, -0.25) is 0 Å². The number of aromatic nitrogens is 1. The molecule has 2 nitrogen and oxygen atoms in total. The van der Waals surface area contributed by atoms with E-state index in [-0.39, 0.29) is 5.75 Å². The minimum Gasteiger partial charge on any atom is -0.508 e. The van der Waals surface area contributed by atoms with Crippen LogP contribution >= 0.6 is 0 Å². The highest BCUT2D eigenvalue weighted by Crippen LogP contribution is 2.23. The highest BCUT2D eigenvalue weighted by atomic mass is 16.3. The van der Waals surface area contributed by atoms with Gasteiger partial charge in [0.15, 0.2) is 0 Å². The quantitative estimate of drug-likeness (QED) is 0.681. The maximum Gasteiger partial charge on any atom is 0.116 e. The fraction of sp³-hybridized carbons (Fsp3) is 0. The lowest BCUT2D eigenvalue weighted by Gasteiger charge is -2.03. The van der Waals surface area contributed by atoms with E-state index >= 15 is 0 Å². The van der Waals surface area contributed by atoms with Gasteiger partial charge in [0.05, 0.1) is 11.2 Å². The van der Waals surface area contributed by atoms with E-state index < -0.39 is 0 Å². The Bertz CT molecular complexity index is 676. The number of phenols is 1. The van der Waals surface area contributed by atoms with Crippen LogP contribution in [0.15, 0.2) is 60.7 Å². The van der Waals surface area contributed by atoms with Gasteiger partial charge in [-0.25, -0.2) is 4.98 Å². The van der Waals surface area contributed by atoms with Crippen molar-refractivity contribution in [2.45, 2.75) is 0 Å². The highest BCUT2D eigenvalue weighted by molar-refractivity contribution is 5.81. The molecule has 0 saturated heterocycles. The molecule has 1 N–H and O–H groups in total. The maximum atomic E-state index is 9.46. The second-order valence-corrected chi connectivity index (χ2v) is 3.94. The van der Waals surface area contributed by atoms with Gasteiger partial charge in [0, 0.05) is 10.9 Å². The monoisotopic (exact) mass is 221 g/mol. The number of fused-ring (bicyclic) bond motifs is 1. The molecule has 3 rings (SSSR count). The summed E-state index contributed by atoms with van der Waals surface area (Å²) in [6.07, 6.45) is 0. The van der Waals surface area contributed by atoms with Gasteiger partial charge in [0.2, 0.25) is 0 Å². The molecule has 0 amide bonds. The lowest BCUT2D eigenvalue weighted by molar-refractivity contribution is 0.475. The normalized spacial score (nSPS) is 10.6. The standard InChI is InChI=1S/C15H11NO/c17-13-6-3-5-12(10-13)15-9-8-11-4-1-2-7-14(11)16-15/h1-10,17H. The van der Waals surface area contributed by atoms with E-state index in [2.05, 4.69) is 4.98 Å². The number of pyridine rings is 1. The van der Waals surface area contributed by atoms with Crippen molar-refractivity contribution in [1.82, 2.24) is 4.98 Å². The molecule has 2 heteroatoms. The Morgan fingerprint density at radius 3 is 2.59 bits per heavy atom. The minimum atomic E-state index is 0.262. The SMILES string of the molecule is Oc1cccc(-c2ccc3ccccc3n2)c1. The van der Waals surface area contributed by atoms with Crippen molar-refractivity contribution in [3.8, 4) is 17.0 Å². The Labute approximate surface area is 99.2 Å². The lowest BCUT2D eigenvalue weighted by Crippen LogP contribution is -1.84. The van der Waals surface area contributed by atoms with E-state index in [0.717, 1.165) is 22.2 Å². The molecule has 0 aliphatic carbocycles. The van der Waals surface area contributed by atoms with Crippen molar-refractivity contribution >= 4 is 10.9 Å². The molecule has 82 valence electrons. The van der Waals surface area contributed by atoms with Gasteiger partial charge in [0.1, 0.15) is 5.75 Å². The fourth-order valence-corrected chi connectivity index (χ4v) is 1.89. The van der Waals surface area contributed by atoms with Crippen LogP contribution in [-0.2, 0) is 0 Å². The number of hydrogen-bond acceptors (Lipinski definition) is 2. The molecule has 0 aliphatic heterocycles. The van der Waals surface area contributed by atoms with Crippen LogP contribution in [0, 0.1) is 0 Å². The summed E-state index contributed by atoms with van der Waals surface area (Å²) in [5.41, 5.74) is 2.77. The van der Waals surface area contributed by atoms with Gasteiger partial charge in [-0.05, 0) is 24.3 Å². The van der Waals surface area contributed by atoms with Crippen molar-refractivity contribution in [2.75, 3.05) is 0 Å². The molecule has 1 heterocycles. The van der Waals surface area contributed by atoms with E-state index in [1.165, 1.54) is 0 Å². The molecule has 0 saturated carbocycles. The van der Waals surface area contributed by atoms with E-state index in [1.54, 1.807) is 12.1 Å². The number of para-hydroxylation sites is 1. The van der Waals surface area contributed by atoms with Crippen LogP contribution in [0.4, 0.5) is 0 Å². The molecule has 0 atom stereocenters. The lowest BCUT2D eigenvalue weighted by atomic mass is 10.1. The third kappa shape index (κ3) is 1.85. The zero-order valence-corrected chi connectivity index (χ0v) is 9.17. The smallest absolute Gasteiger partial charge is 0.116 e. The maximum absolute atomic E-state index is 9.46. The van der Waals surface area contributed by atoms with Crippen LogP contribution in [0.25, 0.3) is 22.2 Å². The average molecular weight is 221 g/mol. The molecule has 0 spiro atoms. The van der Waals surface area contributed by atoms with Gasteiger partial charge in [-0.1, -0.05) is 36.4 Å². The minimum absolute atomic E-state index is 0.262. The number of aromatic hydroxyl groups is 1. The van der Waals surface area contributed by atoms with Gasteiger partial charge >= 0.3 is 0 Å². The Balaban J connectivity index is 2.18. The predicted octanol–water partition coefficient (Wildman–Crippen LogP) is 3.61. The molecule has 17 heavy (non-hydrogen) atoms. The number of hydrogen-bond donors (Lipinski definition) is 1. The third-order valence-electron chi connectivity index (χ3n) is 2.74. The topological polar surface area (TPSA) is 33.1 Å². The molecule has 0 aliphatic rings. The number of benzene rings is 2. The van der Waals surface area contributed by atoms with E-state index in [4.69, 9.17) is 0 Å². The van der Waals surface area contributed by atoms with Crippen molar-refractivity contribution in [3.05, 3.63) is 60.7 Å². The summed E-state index contributed by atoms with van der Waals surface area (Å²) in [5.74, 6) is 0.262. The Morgan fingerprint density at radius 2 is 1.71 bits per heavy atom. The summed E-state index contributed by atoms with van der Waals surface area (Å²) < 4.78 is 0. The van der Waals surface area contributed by atoms with Gasteiger partial charge in [0.25, 0.3) is 0 Å². The van der Waals surface area contributed by atoms with Gasteiger partial charge in [-0.2, -0.15) is 0 Å². The molecule has 1 aromatic heterocycles. The highest BCUT2D eigenvalue weighted by Gasteiger charge is 2.01. The first-order valence-electron chi connectivity index (χ1n) is 5.48. The zero-order chi connectivity index (χ0) is 11.7. The predicted molar refractivity (Wildman–Crippen MR) is 68.8 cm³/mol. The zero-order valence-electron chi connectivity index (χ0n) is 9.17. The summed E-state index contributed by atoms with van der Waals surface area (Å²) in [5, 5.41) is 10.6. The molecule has 3 aromatic rings. The third-order valence-corrected chi connectivity index (χ3v) is 2.74. The van der Waals surface area contributed by atoms with Crippen LogP contribution in [-0.4, -0.2) is 10.1 Å². The van der Waals surface area contributed by atoms with Crippen molar-refractivity contribution < 1.29 is 5.11 Å². The van der Waals surface area contributed by atoms with E-state index in [1.807, 2.05) is 48.5 Å². The molecule has 0 bridgehead atoms. The Hall–Kier alpha value is -2.35. The first-order valence-corrected chi connectivity index (χ1v) is 5.48. The summed E-state index contributed by atoms with van der Waals surface area (Å²) in [4.78, 5) is 4.58. The first kappa shape index (κ1) is 9.85. The van der Waals surface area contributed by atoms with E-state index in [0.29, 0.717) is 0 Å². The van der Waals surface area contributed by atoms with Gasteiger partial charge < -0.3 is 5.11 Å². The average Bonchev–Trinajstić information content (AvgIpc) is 2.38. The Morgan fingerprint density at radius 1 is 0.824 bits per heavy atom. The molecular formula is C15H11NO. The molecule has 0 fully saturated rings. The number of phenolic OH excluding ortho intramolecular Hbond substituents is 1. The fourth-order valence-electron chi connectivity index (χ4n) is 1.89. The molecular weight excluding hydrogens is 210 g/mol. The van der Waals surface area contributed by atoms with Gasteiger partial charge in [-0.15, -0.1) is 0 Å².